The fraction of sp³-hybridized carbons (Fsp3) is 0.438. The Morgan fingerprint density at radius 3 is 2.14 bits per heavy atom. The quantitative estimate of drug-likeness (QED) is 0.880. The van der Waals surface area contributed by atoms with Gasteiger partial charge < -0.3 is 10.6 Å². The third kappa shape index (κ3) is 3.76. The maximum atomic E-state index is 5.61. The van der Waals surface area contributed by atoms with Crippen LogP contribution in [0.3, 0.4) is 0 Å². The fourth-order valence-electron chi connectivity index (χ4n) is 2.22. The summed E-state index contributed by atoms with van der Waals surface area (Å²) in [7, 11) is 1.99. The number of benzene rings is 1. The summed E-state index contributed by atoms with van der Waals surface area (Å²) in [6, 6.07) is 8.29. The summed E-state index contributed by atoms with van der Waals surface area (Å²) in [5, 5.41) is 8.52. The van der Waals surface area contributed by atoms with Crippen LogP contribution in [-0.4, -0.2) is 22.2 Å². The molecule has 112 valence electrons. The van der Waals surface area contributed by atoms with E-state index in [1.54, 1.807) is 0 Å². The summed E-state index contributed by atoms with van der Waals surface area (Å²) in [6.07, 6.45) is 1.75. The minimum Gasteiger partial charge on any atom is -0.338 e. The van der Waals surface area contributed by atoms with Crippen LogP contribution in [-0.2, 0) is 25.9 Å². The minimum absolute atomic E-state index is 0.571. The van der Waals surface area contributed by atoms with E-state index >= 15 is 0 Å². The van der Waals surface area contributed by atoms with Gasteiger partial charge in [-0.3, -0.25) is 0 Å². The molecule has 0 spiro atoms. The largest absolute Gasteiger partial charge is 0.338 e. The molecule has 1 aromatic heterocycles. The van der Waals surface area contributed by atoms with Gasteiger partial charge in [-0.2, -0.15) is 5.10 Å². The van der Waals surface area contributed by atoms with Gasteiger partial charge in [0.15, 0.2) is 0 Å². The number of rotatable bonds is 6. The van der Waals surface area contributed by atoms with E-state index < -0.39 is 0 Å². The molecule has 2 rings (SSSR count). The predicted octanol–water partition coefficient (Wildman–Crippen LogP) is 2.09. The number of aryl methyl sites for hydroxylation is 2. The number of nitrogens with zero attached hydrogens (tertiary/aromatic N) is 4. The maximum absolute atomic E-state index is 5.61. The monoisotopic (exact) mass is 285 g/mol. The summed E-state index contributed by atoms with van der Waals surface area (Å²) in [4.78, 5) is 6.64. The van der Waals surface area contributed by atoms with Crippen LogP contribution >= 0.6 is 0 Å². The molecule has 5 nitrogen and oxygen atoms in total. The van der Waals surface area contributed by atoms with Gasteiger partial charge >= 0.3 is 0 Å². The number of aromatic nitrogens is 3. The number of hydrogen-bond donors (Lipinski definition) is 1. The SMILES string of the molecule is CCc1nnc(N(C)Cc2ccc(CN)cc2)nc1CC. The van der Waals surface area contributed by atoms with Gasteiger partial charge in [0, 0.05) is 20.1 Å². The topological polar surface area (TPSA) is 67.9 Å². The average Bonchev–Trinajstić information content (AvgIpc) is 2.54. The first-order valence-corrected chi connectivity index (χ1v) is 7.39. The summed E-state index contributed by atoms with van der Waals surface area (Å²) >= 11 is 0. The van der Waals surface area contributed by atoms with Crippen molar-refractivity contribution in [1.82, 2.24) is 15.2 Å². The highest BCUT2D eigenvalue weighted by atomic mass is 15.3. The van der Waals surface area contributed by atoms with Crippen LogP contribution in [0.1, 0.15) is 36.4 Å². The van der Waals surface area contributed by atoms with Crippen LogP contribution in [0, 0.1) is 0 Å². The Hall–Kier alpha value is -2.01. The van der Waals surface area contributed by atoms with Crippen molar-refractivity contribution in [3.63, 3.8) is 0 Å². The van der Waals surface area contributed by atoms with E-state index in [1.165, 1.54) is 5.56 Å². The van der Waals surface area contributed by atoms with Gasteiger partial charge in [0.05, 0.1) is 11.4 Å². The molecule has 21 heavy (non-hydrogen) atoms. The Morgan fingerprint density at radius 1 is 0.952 bits per heavy atom. The molecular formula is C16H23N5. The Morgan fingerprint density at radius 2 is 1.57 bits per heavy atom. The first-order chi connectivity index (χ1) is 10.2. The molecule has 0 aliphatic rings. The molecule has 0 aliphatic carbocycles. The zero-order valence-corrected chi connectivity index (χ0v) is 13.0. The van der Waals surface area contributed by atoms with Crippen molar-refractivity contribution >= 4 is 5.95 Å². The van der Waals surface area contributed by atoms with E-state index in [-0.39, 0.29) is 0 Å². The highest BCUT2D eigenvalue weighted by Gasteiger charge is 2.10. The number of hydrogen-bond acceptors (Lipinski definition) is 5. The molecule has 0 amide bonds. The molecule has 1 aromatic carbocycles. The van der Waals surface area contributed by atoms with E-state index in [4.69, 9.17) is 5.73 Å². The van der Waals surface area contributed by atoms with Crippen molar-refractivity contribution in [1.29, 1.82) is 0 Å². The Labute approximate surface area is 126 Å². The van der Waals surface area contributed by atoms with Gasteiger partial charge in [0.1, 0.15) is 0 Å². The van der Waals surface area contributed by atoms with E-state index in [0.29, 0.717) is 12.5 Å². The Balaban J connectivity index is 2.13. The Bertz CT molecular complexity index is 580. The summed E-state index contributed by atoms with van der Waals surface area (Å²) < 4.78 is 0. The zero-order valence-electron chi connectivity index (χ0n) is 13.0. The normalized spacial score (nSPS) is 10.7. The molecule has 0 radical (unpaired) electrons. The molecule has 0 bridgehead atoms. The van der Waals surface area contributed by atoms with Crippen molar-refractivity contribution in [3.05, 3.63) is 46.8 Å². The van der Waals surface area contributed by atoms with Crippen LogP contribution in [0.15, 0.2) is 24.3 Å². The van der Waals surface area contributed by atoms with Gasteiger partial charge in [-0.25, -0.2) is 4.98 Å². The van der Waals surface area contributed by atoms with Crippen molar-refractivity contribution in [2.45, 2.75) is 39.8 Å². The highest BCUT2D eigenvalue weighted by Crippen LogP contribution is 2.13. The molecule has 2 aromatic rings. The van der Waals surface area contributed by atoms with E-state index in [2.05, 4.69) is 53.3 Å². The summed E-state index contributed by atoms with van der Waals surface area (Å²) in [6.45, 7) is 5.49. The molecule has 0 saturated carbocycles. The molecule has 0 aliphatic heterocycles. The molecule has 5 heteroatoms. The van der Waals surface area contributed by atoms with Gasteiger partial charge in [0.2, 0.25) is 5.95 Å². The minimum atomic E-state index is 0.571. The number of nitrogens with two attached hydrogens (primary N) is 1. The third-order valence-corrected chi connectivity index (χ3v) is 3.52. The van der Waals surface area contributed by atoms with Crippen molar-refractivity contribution < 1.29 is 0 Å². The molecule has 1 heterocycles. The van der Waals surface area contributed by atoms with Gasteiger partial charge in [-0.05, 0) is 24.0 Å². The predicted molar refractivity (Wildman–Crippen MR) is 85.0 cm³/mol. The van der Waals surface area contributed by atoms with Gasteiger partial charge in [-0.1, -0.05) is 38.1 Å². The van der Waals surface area contributed by atoms with Gasteiger partial charge in [-0.15, -0.1) is 5.10 Å². The summed E-state index contributed by atoms with van der Waals surface area (Å²) in [5.41, 5.74) is 9.98. The molecule has 0 unspecified atom stereocenters. The van der Waals surface area contributed by atoms with Crippen LogP contribution in [0.2, 0.25) is 0 Å². The summed E-state index contributed by atoms with van der Waals surface area (Å²) in [5.74, 6) is 0.673. The molecule has 0 fully saturated rings. The van der Waals surface area contributed by atoms with Crippen molar-refractivity contribution in [3.8, 4) is 0 Å². The van der Waals surface area contributed by atoms with E-state index in [0.717, 1.165) is 36.3 Å². The van der Waals surface area contributed by atoms with Crippen LogP contribution in [0.5, 0.6) is 0 Å². The van der Waals surface area contributed by atoms with Crippen LogP contribution in [0.25, 0.3) is 0 Å². The lowest BCUT2D eigenvalue weighted by Gasteiger charge is -2.18. The highest BCUT2D eigenvalue weighted by molar-refractivity contribution is 5.32. The first kappa shape index (κ1) is 15.4. The second kappa shape index (κ2) is 7.13. The molecule has 0 saturated heterocycles. The second-order valence-corrected chi connectivity index (χ2v) is 5.09. The maximum Gasteiger partial charge on any atom is 0.245 e. The third-order valence-electron chi connectivity index (χ3n) is 3.52. The fourth-order valence-corrected chi connectivity index (χ4v) is 2.22. The van der Waals surface area contributed by atoms with E-state index in [1.807, 2.05) is 11.9 Å². The van der Waals surface area contributed by atoms with Gasteiger partial charge in [0.25, 0.3) is 0 Å². The van der Waals surface area contributed by atoms with Crippen molar-refractivity contribution in [2.75, 3.05) is 11.9 Å². The second-order valence-electron chi connectivity index (χ2n) is 5.09. The van der Waals surface area contributed by atoms with Crippen molar-refractivity contribution in [2.24, 2.45) is 5.73 Å². The Kier molecular flexibility index (Phi) is 5.22. The lowest BCUT2D eigenvalue weighted by Crippen LogP contribution is -2.21. The first-order valence-electron chi connectivity index (χ1n) is 7.39. The zero-order chi connectivity index (χ0) is 15.2. The molecular weight excluding hydrogens is 262 g/mol. The molecule has 0 atom stereocenters. The van der Waals surface area contributed by atoms with Crippen LogP contribution in [0.4, 0.5) is 5.95 Å². The lowest BCUT2D eigenvalue weighted by molar-refractivity contribution is 0.772. The standard InChI is InChI=1S/C16H23N5/c1-4-14-15(5-2)19-20-16(18-14)21(3)11-13-8-6-12(10-17)7-9-13/h6-9H,4-5,10-11,17H2,1-3H3. The molecule has 2 N–H and O–H groups in total. The van der Waals surface area contributed by atoms with Crippen LogP contribution < -0.4 is 10.6 Å². The smallest absolute Gasteiger partial charge is 0.245 e. The van der Waals surface area contributed by atoms with E-state index in [9.17, 15) is 0 Å². The average molecular weight is 285 g/mol. The number of anilines is 1. The lowest BCUT2D eigenvalue weighted by atomic mass is 10.1.